The Balaban J connectivity index is 0.00000121. The van der Waals surface area contributed by atoms with Crippen molar-refractivity contribution in [3.63, 3.8) is 0 Å². The molecule has 12 heavy (non-hydrogen) atoms. The lowest BCUT2D eigenvalue weighted by Gasteiger charge is -2.28. The summed E-state index contributed by atoms with van der Waals surface area (Å²) in [6, 6.07) is 0. The molecule has 1 rings (SSSR count). The van der Waals surface area contributed by atoms with Crippen LogP contribution in [0.25, 0.3) is 0 Å². The van der Waals surface area contributed by atoms with Crippen LogP contribution in [0.5, 0.6) is 0 Å². The van der Waals surface area contributed by atoms with Gasteiger partial charge >= 0.3 is 0 Å². The van der Waals surface area contributed by atoms with Crippen LogP contribution in [0.15, 0.2) is 0 Å². The summed E-state index contributed by atoms with van der Waals surface area (Å²) in [5.41, 5.74) is 0. The van der Waals surface area contributed by atoms with E-state index in [-0.39, 0.29) is 12.4 Å². The molecule has 1 aliphatic rings. The minimum Gasteiger partial charge on any atom is -1.00 e. The molecule has 0 aromatic heterocycles. The standard InChI is InChI=1S/C9H20NO.ClH/c1-3-11-9-8-10(2)6-4-5-7-10;/h3-9H2,1-2H3;1H/q+1;/p-1. The Hall–Kier alpha value is 0.210. The minimum absolute atomic E-state index is 0. The number of rotatable bonds is 4. The van der Waals surface area contributed by atoms with E-state index in [9.17, 15) is 0 Å². The normalized spacial score (nSPS) is 20.5. The second-order valence-corrected chi connectivity index (χ2v) is 3.69. The van der Waals surface area contributed by atoms with Crippen molar-refractivity contribution >= 4 is 0 Å². The molecule has 0 aromatic carbocycles. The van der Waals surface area contributed by atoms with Crippen LogP contribution in [-0.2, 0) is 4.74 Å². The van der Waals surface area contributed by atoms with E-state index < -0.39 is 0 Å². The number of likely N-dealkylation sites (N-methyl/N-ethyl adjacent to an activating group) is 1. The smallest absolute Gasteiger partial charge is 0.102 e. The second-order valence-electron chi connectivity index (χ2n) is 3.69. The summed E-state index contributed by atoms with van der Waals surface area (Å²) in [4.78, 5) is 0. The molecule has 74 valence electrons. The average molecular weight is 194 g/mol. The van der Waals surface area contributed by atoms with Gasteiger partial charge in [-0.15, -0.1) is 0 Å². The van der Waals surface area contributed by atoms with Crippen LogP contribution in [-0.4, -0.2) is 44.4 Å². The highest BCUT2D eigenvalue weighted by atomic mass is 35.5. The van der Waals surface area contributed by atoms with Gasteiger partial charge in [0.2, 0.25) is 0 Å². The third kappa shape index (κ3) is 3.74. The number of nitrogens with zero attached hydrogens (tertiary/aromatic N) is 1. The van der Waals surface area contributed by atoms with Crippen LogP contribution in [0.2, 0.25) is 0 Å². The number of likely N-dealkylation sites (tertiary alicyclic amines) is 1. The maximum Gasteiger partial charge on any atom is 0.102 e. The molecule has 1 heterocycles. The molecule has 0 bridgehead atoms. The van der Waals surface area contributed by atoms with Crippen LogP contribution in [0.4, 0.5) is 0 Å². The molecule has 0 aromatic rings. The van der Waals surface area contributed by atoms with Gasteiger partial charge in [-0.25, -0.2) is 0 Å². The fourth-order valence-corrected chi connectivity index (χ4v) is 1.75. The van der Waals surface area contributed by atoms with E-state index in [0.29, 0.717) is 0 Å². The van der Waals surface area contributed by atoms with Crippen molar-refractivity contribution in [3.05, 3.63) is 0 Å². The highest BCUT2D eigenvalue weighted by Gasteiger charge is 2.25. The SMILES string of the molecule is CCOCC[N+]1(C)CCCC1.[Cl-]. The van der Waals surface area contributed by atoms with Crippen molar-refractivity contribution in [2.24, 2.45) is 0 Å². The zero-order chi connectivity index (χ0) is 8.16. The first-order valence-corrected chi connectivity index (χ1v) is 4.68. The van der Waals surface area contributed by atoms with Crippen LogP contribution < -0.4 is 12.4 Å². The zero-order valence-electron chi connectivity index (χ0n) is 8.18. The lowest BCUT2D eigenvalue weighted by molar-refractivity contribution is -0.898. The fraction of sp³-hybridized carbons (Fsp3) is 1.00. The van der Waals surface area contributed by atoms with Gasteiger partial charge in [-0.2, -0.15) is 0 Å². The maximum absolute atomic E-state index is 5.35. The monoisotopic (exact) mass is 193 g/mol. The summed E-state index contributed by atoms with van der Waals surface area (Å²) in [6.45, 7) is 7.77. The van der Waals surface area contributed by atoms with Gasteiger partial charge in [-0.1, -0.05) is 0 Å². The van der Waals surface area contributed by atoms with E-state index in [1.54, 1.807) is 0 Å². The molecule has 0 spiro atoms. The first kappa shape index (κ1) is 12.2. The minimum atomic E-state index is 0. The summed E-state index contributed by atoms with van der Waals surface area (Å²) in [6.07, 6.45) is 2.81. The summed E-state index contributed by atoms with van der Waals surface area (Å²) in [7, 11) is 2.34. The Morgan fingerprint density at radius 3 is 2.33 bits per heavy atom. The Bertz CT molecular complexity index is 113. The van der Waals surface area contributed by atoms with Gasteiger partial charge in [0.1, 0.15) is 6.54 Å². The molecule has 2 nitrogen and oxygen atoms in total. The van der Waals surface area contributed by atoms with Crippen molar-refractivity contribution < 1.29 is 21.6 Å². The van der Waals surface area contributed by atoms with Crippen molar-refractivity contribution in [1.82, 2.24) is 0 Å². The van der Waals surface area contributed by atoms with Gasteiger partial charge in [0.15, 0.2) is 0 Å². The Kier molecular flexibility index (Phi) is 5.89. The summed E-state index contributed by atoms with van der Waals surface area (Å²) >= 11 is 0. The molecule has 1 fully saturated rings. The molecule has 0 unspecified atom stereocenters. The average Bonchev–Trinajstić information content (AvgIpc) is 2.38. The van der Waals surface area contributed by atoms with E-state index in [1.165, 1.54) is 37.0 Å². The molecule has 0 amide bonds. The second kappa shape index (κ2) is 5.79. The third-order valence-corrected chi connectivity index (χ3v) is 2.63. The number of ether oxygens (including phenoxy) is 1. The Morgan fingerprint density at radius 1 is 1.25 bits per heavy atom. The van der Waals surface area contributed by atoms with E-state index in [0.717, 1.165) is 13.2 Å². The van der Waals surface area contributed by atoms with Crippen molar-refractivity contribution in [2.45, 2.75) is 19.8 Å². The Morgan fingerprint density at radius 2 is 1.83 bits per heavy atom. The molecular weight excluding hydrogens is 174 g/mol. The first-order chi connectivity index (χ1) is 5.27. The molecule has 3 heteroatoms. The molecule has 0 radical (unpaired) electrons. The van der Waals surface area contributed by atoms with Crippen molar-refractivity contribution in [3.8, 4) is 0 Å². The van der Waals surface area contributed by atoms with Gasteiger partial charge in [-0.05, 0) is 6.92 Å². The summed E-state index contributed by atoms with van der Waals surface area (Å²) in [5.74, 6) is 0. The van der Waals surface area contributed by atoms with Crippen molar-refractivity contribution in [1.29, 1.82) is 0 Å². The number of quaternary nitrogens is 1. The van der Waals surface area contributed by atoms with Gasteiger partial charge in [-0.3, -0.25) is 0 Å². The van der Waals surface area contributed by atoms with Gasteiger partial charge in [0.05, 0.1) is 26.7 Å². The van der Waals surface area contributed by atoms with Crippen LogP contribution in [0.1, 0.15) is 19.8 Å². The molecule has 1 saturated heterocycles. The molecule has 1 aliphatic heterocycles. The lowest BCUT2D eigenvalue weighted by Crippen LogP contribution is -3.00. The molecule has 0 saturated carbocycles. The number of halogens is 1. The molecule has 0 aliphatic carbocycles. The molecular formula is C9H20ClNO. The molecule has 0 N–H and O–H groups in total. The predicted molar refractivity (Wildman–Crippen MR) is 46.5 cm³/mol. The highest BCUT2D eigenvalue weighted by molar-refractivity contribution is 4.51. The lowest BCUT2D eigenvalue weighted by atomic mass is 10.4. The van der Waals surface area contributed by atoms with Gasteiger partial charge in [0, 0.05) is 19.4 Å². The zero-order valence-corrected chi connectivity index (χ0v) is 8.94. The summed E-state index contributed by atoms with van der Waals surface area (Å²) < 4.78 is 6.58. The van der Waals surface area contributed by atoms with Gasteiger partial charge < -0.3 is 21.6 Å². The summed E-state index contributed by atoms with van der Waals surface area (Å²) in [5, 5.41) is 0. The quantitative estimate of drug-likeness (QED) is 0.381. The predicted octanol–water partition coefficient (Wildman–Crippen LogP) is -1.73. The van der Waals surface area contributed by atoms with Crippen LogP contribution in [0, 0.1) is 0 Å². The topological polar surface area (TPSA) is 9.23 Å². The van der Waals surface area contributed by atoms with Gasteiger partial charge in [0.25, 0.3) is 0 Å². The largest absolute Gasteiger partial charge is 1.00 e. The Labute approximate surface area is 81.9 Å². The van der Waals surface area contributed by atoms with E-state index in [1.807, 2.05) is 0 Å². The highest BCUT2D eigenvalue weighted by Crippen LogP contribution is 2.15. The number of hydrogen-bond donors (Lipinski definition) is 0. The van der Waals surface area contributed by atoms with Crippen molar-refractivity contribution in [2.75, 3.05) is 39.9 Å². The fourth-order valence-electron chi connectivity index (χ4n) is 1.75. The van der Waals surface area contributed by atoms with Crippen LogP contribution in [0.3, 0.4) is 0 Å². The van der Waals surface area contributed by atoms with E-state index in [4.69, 9.17) is 4.74 Å². The van der Waals surface area contributed by atoms with E-state index >= 15 is 0 Å². The molecule has 0 atom stereocenters. The maximum atomic E-state index is 5.35. The van der Waals surface area contributed by atoms with E-state index in [2.05, 4.69) is 14.0 Å². The third-order valence-electron chi connectivity index (χ3n) is 2.63. The first-order valence-electron chi connectivity index (χ1n) is 4.68. The number of hydrogen-bond acceptors (Lipinski definition) is 1. The van der Waals surface area contributed by atoms with Crippen LogP contribution >= 0.6 is 0 Å².